The molecule has 2 aliphatic heterocycles. The van der Waals surface area contributed by atoms with E-state index in [1.54, 1.807) is 13.2 Å². The smallest absolute Gasteiger partial charge is 0.331 e. The van der Waals surface area contributed by atoms with Crippen LogP contribution in [0.4, 0.5) is 0 Å². The maximum absolute atomic E-state index is 12.4. The van der Waals surface area contributed by atoms with E-state index in [1.807, 2.05) is 6.92 Å². The molecule has 2 heterocycles. The van der Waals surface area contributed by atoms with Crippen LogP contribution in [0.2, 0.25) is 0 Å². The van der Waals surface area contributed by atoms with Gasteiger partial charge in [-0.1, -0.05) is 6.92 Å². The van der Waals surface area contributed by atoms with Gasteiger partial charge in [0.2, 0.25) is 0 Å². The maximum Gasteiger partial charge on any atom is 0.331 e. The molecule has 0 aromatic carbocycles. The van der Waals surface area contributed by atoms with Gasteiger partial charge in [-0.25, -0.2) is 4.79 Å². The molecular formula is C30H46O8. The summed E-state index contributed by atoms with van der Waals surface area (Å²) in [7, 11) is 1.62. The SMILES string of the molecule is CO[C@H]1C[C@@H](O[C@H]2CC[C@]3(CO)C4CC[C@]5(C)[C@@H](C6=CC(=O)OC6)CC[C@]5(O)C4CC[C@@H]3C2)O[C@@H](C)[C@@H]1O. The Balaban J connectivity index is 1.17. The largest absolute Gasteiger partial charge is 0.458 e. The Bertz CT molecular complexity index is 953. The molecule has 5 fully saturated rings. The number of aliphatic hydroxyl groups excluding tert-OH is 2. The summed E-state index contributed by atoms with van der Waals surface area (Å²) < 4.78 is 23.1. The van der Waals surface area contributed by atoms with Crippen molar-refractivity contribution >= 4 is 5.97 Å². The van der Waals surface area contributed by atoms with Crippen molar-refractivity contribution in [2.24, 2.45) is 34.5 Å². The first-order valence-corrected chi connectivity index (χ1v) is 14.9. The van der Waals surface area contributed by atoms with Crippen LogP contribution in [0.15, 0.2) is 11.6 Å². The topological polar surface area (TPSA) is 115 Å². The molecule has 0 bridgehead atoms. The van der Waals surface area contributed by atoms with Crippen LogP contribution in [-0.2, 0) is 23.7 Å². The fourth-order valence-electron chi connectivity index (χ4n) is 10.1. The van der Waals surface area contributed by atoms with E-state index in [9.17, 15) is 20.1 Å². The molecule has 4 saturated carbocycles. The molecule has 0 radical (unpaired) electrons. The summed E-state index contributed by atoms with van der Waals surface area (Å²) in [6.07, 6.45) is 8.69. The number of ether oxygens (including phenoxy) is 4. The van der Waals surface area contributed by atoms with Crippen molar-refractivity contribution in [1.82, 2.24) is 0 Å². The molecule has 4 aliphatic carbocycles. The summed E-state index contributed by atoms with van der Waals surface area (Å²) in [6, 6.07) is 0. The van der Waals surface area contributed by atoms with Crippen LogP contribution in [-0.4, -0.2) is 77.9 Å². The van der Waals surface area contributed by atoms with Crippen molar-refractivity contribution in [2.75, 3.05) is 20.3 Å². The standard InChI is InChI=1S/C30H46O8/c1-17-27(33)24(35-3)14-26(37-17)38-20-6-10-29(16-31)19(13-20)4-5-23-22(29)7-9-28(2)21(8-11-30(23,28)34)18-12-25(32)36-15-18/h12,17,19-24,26-27,31,33-34H,4-11,13-16H2,1-3H3/t17-,19+,20-,21+,22?,23?,24-,26+,27-,28+,29+,30-/m0/s1. The van der Waals surface area contributed by atoms with E-state index in [0.29, 0.717) is 24.9 Å². The number of esters is 1. The first kappa shape index (κ1) is 27.2. The minimum atomic E-state index is -0.782. The van der Waals surface area contributed by atoms with E-state index >= 15 is 0 Å². The number of methoxy groups -OCH3 is 1. The summed E-state index contributed by atoms with van der Waals surface area (Å²) in [4.78, 5) is 11.8. The Kier molecular flexibility index (Phi) is 7.01. The zero-order valence-electron chi connectivity index (χ0n) is 23.1. The van der Waals surface area contributed by atoms with Crippen molar-refractivity contribution in [1.29, 1.82) is 0 Å². The van der Waals surface area contributed by atoms with Crippen molar-refractivity contribution < 1.29 is 39.1 Å². The zero-order valence-corrected chi connectivity index (χ0v) is 23.1. The minimum absolute atomic E-state index is 0.0563. The summed E-state index contributed by atoms with van der Waals surface area (Å²) in [5.74, 6) is 0.731. The van der Waals surface area contributed by atoms with Crippen LogP contribution < -0.4 is 0 Å². The van der Waals surface area contributed by atoms with E-state index in [2.05, 4.69) is 6.92 Å². The van der Waals surface area contributed by atoms with Crippen LogP contribution in [0.1, 0.15) is 78.1 Å². The number of hydrogen-bond acceptors (Lipinski definition) is 8. The van der Waals surface area contributed by atoms with Gasteiger partial charge in [0, 0.05) is 31.6 Å². The third-order valence-electron chi connectivity index (χ3n) is 12.2. The molecule has 38 heavy (non-hydrogen) atoms. The molecule has 8 heteroatoms. The lowest BCUT2D eigenvalue weighted by atomic mass is 9.43. The average Bonchev–Trinajstić information content (AvgIpc) is 3.45. The normalized spacial score (nSPS) is 52.5. The molecule has 214 valence electrons. The molecule has 12 atom stereocenters. The van der Waals surface area contributed by atoms with Crippen molar-refractivity contribution in [3.8, 4) is 0 Å². The van der Waals surface area contributed by atoms with Crippen LogP contribution in [0.3, 0.4) is 0 Å². The van der Waals surface area contributed by atoms with Gasteiger partial charge in [-0.15, -0.1) is 0 Å². The average molecular weight is 535 g/mol. The molecule has 6 rings (SSSR count). The highest BCUT2D eigenvalue weighted by Crippen LogP contribution is 2.70. The molecule has 6 aliphatic rings. The molecule has 3 N–H and O–H groups in total. The van der Waals surface area contributed by atoms with E-state index < -0.39 is 18.0 Å². The number of cyclic esters (lactones) is 1. The third-order valence-corrected chi connectivity index (χ3v) is 12.2. The Morgan fingerprint density at radius 2 is 1.89 bits per heavy atom. The van der Waals surface area contributed by atoms with Crippen LogP contribution in [0.5, 0.6) is 0 Å². The van der Waals surface area contributed by atoms with Gasteiger partial charge in [0.1, 0.15) is 12.7 Å². The minimum Gasteiger partial charge on any atom is -0.458 e. The molecule has 0 aromatic rings. The Hall–Kier alpha value is -1.03. The number of rotatable bonds is 5. The molecule has 0 spiro atoms. The summed E-state index contributed by atoms with van der Waals surface area (Å²) in [6.45, 7) is 4.61. The lowest BCUT2D eigenvalue weighted by Gasteiger charge is -2.64. The molecule has 1 saturated heterocycles. The highest BCUT2D eigenvalue weighted by atomic mass is 16.7. The second kappa shape index (κ2) is 9.81. The van der Waals surface area contributed by atoms with Crippen LogP contribution >= 0.6 is 0 Å². The Morgan fingerprint density at radius 3 is 2.61 bits per heavy atom. The fourth-order valence-corrected chi connectivity index (χ4v) is 10.1. The summed E-state index contributed by atoms with van der Waals surface area (Å²) in [5.41, 5.74) is -0.182. The number of carbonyl (C=O) groups is 1. The highest BCUT2D eigenvalue weighted by Gasteiger charge is 2.68. The molecule has 2 unspecified atom stereocenters. The maximum atomic E-state index is 12.4. The third kappa shape index (κ3) is 3.96. The molecule has 8 nitrogen and oxygen atoms in total. The summed E-state index contributed by atoms with van der Waals surface area (Å²) >= 11 is 0. The van der Waals surface area contributed by atoms with Gasteiger partial charge in [0.05, 0.1) is 23.9 Å². The lowest BCUT2D eigenvalue weighted by molar-refractivity contribution is -0.275. The molecular weight excluding hydrogens is 488 g/mol. The quantitative estimate of drug-likeness (QED) is 0.364. The number of fused-ring (bicyclic) bond motifs is 5. The van der Waals surface area contributed by atoms with Crippen molar-refractivity contribution in [2.45, 2.75) is 114 Å². The van der Waals surface area contributed by atoms with Gasteiger partial charge in [0.15, 0.2) is 6.29 Å². The number of carbonyl (C=O) groups excluding carboxylic acids is 1. The predicted molar refractivity (Wildman–Crippen MR) is 138 cm³/mol. The predicted octanol–water partition coefficient (Wildman–Crippen LogP) is 3.11. The summed E-state index contributed by atoms with van der Waals surface area (Å²) in [5, 5.41) is 33.7. The van der Waals surface area contributed by atoms with Crippen molar-refractivity contribution in [3.63, 3.8) is 0 Å². The monoisotopic (exact) mass is 534 g/mol. The Labute approximate surface area is 226 Å². The van der Waals surface area contributed by atoms with E-state index in [0.717, 1.165) is 63.4 Å². The fraction of sp³-hybridized carbons (Fsp3) is 0.900. The second-order valence-electron chi connectivity index (χ2n) is 13.5. The second-order valence-corrected chi connectivity index (χ2v) is 13.5. The lowest BCUT2D eigenvalue weighted by Crippen LogP contribution is -2.64. The van der Waals surface area contributed by atoms with Gasteiger partial charge in [-0.3, -0.25) is 0 Å². The van der Waals surface area contributed by atoms with Crippen molar-refractivity contribution in [3.05, 3.63) is 11.6 Å². The van der Waals surface area contributed by atoms with E-state index in [-0.39, 0.29) is 53.6 Å². The van der Waals surface area contributed by atoms with Crippen LogP contribution in [0.25, 0.3) is 0 Å². The molecule has 0 aromatic heterocycles. The zero-order chi connectivity index (χ0) is 26.9. The van der Waals surface area contributed by atoms with Gasteiger partial charge >= 0.3 is 5.97 Å². The number of aliphatic hydroxyl groups is 3. The van der Waals surface area contributed by atoms with Crippen LogP contribution in [0, 0.1) is 34.5 Å². The first-order valence-electron chi connectivity index (χ1n) is 14.9. The van der Waals surface area contributed by atoms with E-state index in [4.69, 9.17) is 18.9 Å². The van der Waals surface area contributed by atoms with E-state index in [1.165, 1.54) is 0 Å². The van der Waals surface area contributed by atoms with Gasteiger partial charge in [0.25, 0.3) is 0 Å². The van der Waals surface area contributed by atoms with Gasteiger partial charge in [-0.2, -0.15) is 0 Å². The molecule has 0 amide bonds. The Morgan fingerprint density at radius 1 is 1.08 bits per heavy atom. The highest BCUT2D eigenvalue weighted by molar-refractivity contribution is 5.85. The van der Waals surface area contributed by atoms with Gasteiger partial charge in [-0.05, 0) is 99.4 Å². The number of hydrogen-bond donors (Lipinski definition) is 3. The van der Waals surface area contributed by atoms with Gasteiger partial charge < -0.3 is 34.3 Å². The first-order chi connectivity index (χ1) is 18.1.